The van der Waals surface area contributed by atoms with E-state index in [9.17, 15) is 19.2 Å². The minimum atomic E-state index is -1.76. The van der Waals surface area contributed by atoms with Gasteiger partial charge in [0, 0.05) is 45.0 Å². The zero-order valence-corrected chi connectivity index (χ0v) is 21.8. The van der Waals surface area contributed by atoms with Crippen molar-refractivity contribution < 1.29 is 38.1 Å². The average molecular weight is 596 g/mol. The van der Waals surface area contributed by atoms with Gasteiger partial charge in [-0.25, -0.2) is 0 Å². The molecule has 178 valence electrons. The molecule has 0 radical (unpaired) electrons. The number of hydrogen-bond donors (Lipinski definition) is 0. The standard InChI is InChI=1S/C24H20Br2O8/c1-11(27)33-23-15-7-5-14(26)10-18(15)24(34-12(2)28,16-8-6-13(25)9-17(16)23)20(22(30)32-4)19(23)21(29)31-3/h5-10,19-20H,1-4H3. The molecule has 0 N–H and O–H groups in total. The SMILES string of the molecule is COC(=O)C1C(C(=O)OC)C2(OC(C)=O)c3ccc(Br)cc3C1(OC(C)=O)c1ccc(Br)cc12. The van der Waals surface area contributed by atoms with Gasteiger partial charge in [-0.1, -0.05) is 44.0 Å². The minimum Gasteiger partial charge on any atom is -0.469 e. The van der Waals surface area contributed by atoms with Gasteiger partial charge in [-0.3, -0.25) is 19.2 Å². The summed E-state index contributed by atoms with van der Waals surface area (Å²) in [5.41, 5.74) is -1.93. The van der Waals surface area contributed by atoms with Crippen LogP contribution in [0.2, 0.25) is 0 Å². The first kappa shape index (κ1) is 24.4. The van der Waals surface area contributed by atoms with E-state index < -0.39 is 46.9 Å². The first-order valence-corrected chi connectivity index (χ1v) is 11.8. The molecule has 3 aliphatic carbocycles. The lowest BCUT2D eigenvalue weighted by Crippen LogP contribution is -2.66. The highest BCUT2D eigenvalue weighted by atomic mass is 79.9. The van der Waals surface area contributed by atoms with Crippen molar-refractivity contribution in [2.24, 2.45) is 11.8 Å². The molecule has 4 atom stereocenters. The number of benzene rings is 2. The van der Waals surface area contributed by atoms with Gasteiger partial charge in [0.2, 0.25) is 0 Å². The van der Waals surface area contributed by atoms with Crippen LogP contribution in [0, 0.1) is 11.8 Å². The Labute approximate surface area is 212 Å². The Morgan fingerprint density at radius 3 is 1.32 bits per heavy atom. The molecule has 34 heavy (non-hydrogen) atoms. The third-order valence-corrected chi connectivity index (χ3v) is 7.28. The number of esters is 4. The molecule has 0 saturated carbocycles. The molecule has 2 bridgehead atoms. The van der Waals surface area contributed by atoms with E-state index in [4.69, 9.17) is 18.9 Å². The Kier molecular flexibility index (Phi) is 6.10. The largest absolute Gasteiger partial charge is 0.469 e. The fourth-order valence-corrected chi connectivity index (χ4v) is 6.11. The predicted octanol–water partition coefficient (Wildman–Crippen LogP) is 3.73. The van der Waals surface area contributed by atoms with Crippen molar-refractivity contribution in [3.05, 3.63) is 67.6 Å². The molecule has 8 nitrogen and oxygen atoms in total. The highest BCUT2D eigenvalue weighted by Gasteiger charge is 2.74. The van der Waals surface area contributed by atoms with E-state index in [2.05, 4.69) is 31.9 Å². The first-order chi connectivity index (χ1) is 16.0. The summed E-state index contributed by atoms with van der Waals surface area (Å²) in [7, 11) is 2.34. The molecule has 0 aromatic heterocycles. The summed E-state index contributed by atoms with van der Waals surface area (Å²) in [6, 6.07) is 10.1. The third kappa shape index (κ3) is 3.22. The second-order valence-electron chi connectivity index (χ2n) is 8.04. The van der Waals surface area contributed by atoms with Gasteiger partial charge < -0.3 is 18.9 Å². The molecule has 2 aromatic rings. The number of fused-ring (bicyclic) bond motifs is 1. The molecular formula is C24H20Br2O8. The Hall–Kier alpha value is -2.72. The van der Waals surface area contributed by atoms with Crippen LogP contribution in [0.15, 0.2) is 45.3 Å². The van der Waals surface area contributed by atoms with E-state index in [0.717, 1.165) is 0 Å². The fraction of sp³-hybridized carbons (Fsp3) is 0.333. The van der Waals surface area contributed by atoms with Crippen molar-refractivity contribution in [1.82, 2.24) is 0 Å². The first-order valence-electron chi connectivity index (χ1n) is 10.2. The number of hydrogen-bond acceptors (Lipinski definition) is 8. The monoisotopic (exact) mass is 594 g/mol. The number of rotatable bonds is 4. The number of halogens is 2. The Balaban J connectivity index is 2.29. The van der Waals surface area contributed by atoms with Crippen molar-refractivity contribution in [2.45, 2.75) is 25.0 Å². The lowest BCUT2D eigenvalue weighted by atomic mass is 9.49. The highest BCUT2D eigenvalue weighted by Crippen LogP contribution is 2.66. The van der Waals surface area contributed by atoms with E-state index in [0.29, 0.717) is 31.2 Å². The maximum absolute atomic E-state index is 13.4. The van der Waals surface area contributed by atoms with Crippen molar-refractivity contribution >= 4 is 55.7 Å². The van der Waals surface area contributed by atoms with Gasteiger partial charge in [-0.2, -0.15) is 0 Å². The van der Waals surface area contributed by atoms with Crippen molar-refractivity contribution in [3.63, 3.8) is 0 Å². The molecule has 0 spiro atoms. The fourth-order valence-electron chi connectivity index (χ4n) is 5.38. The summed E-state index contributed by atoms with van der Waals surface area (Å²) < 4.78 is 23.5. The van der Waals surface area contributed by atoms with Gasteiger partial charge in [0.1, 0.15) is 11.8 Å². The predicted molar refractivity (Wildman–Crippen MR) is 124 cm³/mol. The van der Waals surface area contributed by atoms with E-state index in [-0.39, 0.29) is 0 Å². The molecule has 5 rings (SSSR count). The number of carbonyl (C=O) groups excluding carboxylic acids is 4. The Morgan fingerprint density at radius 1 is 0.676 bits per heavy atom. The van der Waals surface area contributed by atoms with E-state index in [1.807, 2.05) is 0 Å². The van der Waals surface area contributed by atoms with E-state index >= 15 is 0 Å². The summed E-state index contributed by atoms with van der Waals surface area (Å²) >= 11 is 6.88. The zero-order chi connectivity index (χ0) is 25.0. The summed E-state index contributed by atoms with van der Waals surface area (Å²) in [6.07, 6.45) is 0. The van der Waals surface area contributed by atoms with Crippen molar-refractivity contribution in [1.29, 1.82) is 0 Å². The van der Waals surface area contributed by atoms with Gasteiger partial charge in [0.05, 0.1) is 14.2 Å². The zero-order valence-electron chi connectivity index (χ0n) is 18.6. The quantitative estimate of drug-likeness (QED) is 0.389. The van der Waals surface area contributed by atoms with Crippen LogP contribution in [0.5, 0.6) is 0 Å². The smallest absolute Gasteiger partial charge is 0.314 e. The molecule has 4 unspecified atom stereocenters. The van der Waals surface area contributed by atoms with Gasteiger partial charge in [0.25, 0.3) is 0 Å². The summed E-state index contributed by atoms with van der Waals surface area (Å²) in [4.78, 5) is 51.8. The molecule has 2 aromatic carbocycles. The summed E-state index contributed by atoms with van der Waals surface area (Å²) in [5, 5.41) is 0. The van der Waals surface area contributed by atoms with Crippen LogP contribution in [-0.2, 0) is 49.3 Å². The van der Waals surface area contributed by atoms with Crippen LogP contribution in [0.3, 0.4) is 0 Å². The topological polar surface area (TPSA) is 105 Å². The van der Waals surface area contributed by atoms with Crippen molar-refractivity contribution in [2.75, 3.05) is 14.2 Å². The van der Waals surface area contributed by atoms with Crippen LogP contribution < -0.4 is 0 Å². The molecule has 0 heterocycles. The molecule has 0 aliphatic heterocycles. The van der Waals surface area contributed by atoms with Gasteiger partial charge in [-0.15, -0.1) is 0 Å². The van der Waals surface area contributed by atoms with Crippen molar-refractivity contribution in [3.8, 4) is 0 Å². The number of methoxy groups -OCH3 is 2. The van der Waals surface area contributed by atoms with Gasteiger partial charge in [-0.05, 0) is 24.3 Å². The van der Waals surface area contributed by atoms with Crippen LogP contribution in [-0.4, -0.2) is 38.1 Å². The Bertz CT molecular complexity index is 1150. The second kappa shape index (κ2) is 8.49. The van der Waals surface area contributed by atoms with Crippen LogP contribution in [0.4, 0.5) is 0 Å². The lowest BCUT2D eigenvalue weighted by molar-refractivity contribution is -0.210. The van der Waals surface area contributed by atoms with Gasteiger partial charge in [0.15, 0.2) is 11.2 Å². The van der Waals surface area contributed by atoms with Crippen LogP contribution in [0.25, 0.3) is 0 Å². The molecular weight excluding hydrogens is 576 g/mol. The number of ether oxygens (including phenoxy) is 4. The van der Waals surface area contributed by atoms with E-state index in [1.54, 1.807) is 36.4 Å². The van der Waals surface area contributed by atoms with E-state index in [1.165, 1.54) is 28.1 Å². The van der Waals surface area contributed by atoms with Crippen LogP contribution in [0.1, 0.15) is 36.1 Å². The lowest BCUT2D eigenvalue weighted by Gasteiger charge is -2.58. The molecule has 3 aliphatic rings. The maximum atomic E-state index is 13.4. The second-order valence-corrected chi connectivity index (χ2v) is 9.87. The summed E-state index contributed by atoms with van der Waals surface area (Å²) in [6.45, 7) is 2.43. The van der Waals surface area contributed by atoms with Gasteiger partial charge >= 0.3 is 23.9 Å². The number of carbonyl (C=O) groups is 4. The Morgan fingerprint density at radius 2 is 1.03 bits per heavy atom. The molecule has 0 saturated heterocycles. The summed E-state index contributed by atoms with van der Waals surface area (Å²) in [5.74, 6) is -5.84. The third-order valence-electron chi connectivity index (χ3n) is 6.29. The minimum absolute atomic E-state index is 0.392. The normalized spacial score (nSPS) is 26.1. The van der Waals surface area contributed by atoms with Crippen LogP contribution >= 0.6 is 31.9 Å². The maximum Gasteiger partial charge on any atom is 0.314 e. The average Bonchev–Trinajstić information content (AvgIpc) is 2.77. The highest BCUT2D eigenvalue weighted by molar-refractivity contribution is 9.10. The molecule has 0 fully saturated rings. The molecule has 0 amide bonds. The molecule has 10 heteroatoms.